The molecule has 0 atom stereocenters. The van der Waals surface area contributed by atoms with Crippen LogP contribution >= 0.6 is 11.8 Å². The van der Waals surface area contributed by atoms with Gasteiger partial charge in [0.2, 0.25) is 0 Å². The van der Waals surface area contributed by atoms with E-state index in [-0.39, 0.29) is 19.1 Å². The van der Waals surface area contributed by atoms with Crippen molar-refractivity contribution in [2.24, 2.45) is 0 Å². The molecule has 0 bridgehead atoms. The molecule has 0 spiro atoms. The predicted octanol–water partition coefficient (Wildman–Crippen LogP) is 3.11. The highest BCUT2D eigenvalue weighted by Gasteiger charge is 2.15. The summed E-state index contributed by atoms with van der Waals surface area (Å²) in [5, 5.41) is 2.80. The van der Waals surface area contributed by atoms with Crippen molar-refractivity contribution in [1.29, 1.82) is 0 Å². The summed E-state index contributed by atoms with van der Waals surface area (Å²) in [6.45, 7) is 2.30. The SMILES string of the molecule is CSCc1nc2ccccc2n1CC(=O)OCC(=O)NCCc1ccccc1C. The van der Waals surface area contributed by atoms with Crippen molar-refractivity contribution in [3.8, 4) is 0 Å². The molecule has 1 heterocycles. The molecule has 0 unspecified atom stereocenters. The molecular weight excluding hydrogens is 386 g/mol. The maximum atomic E-state index is 12.3. The van der Waals surface area contributed by atoms with E-state index < -0.39 is 5.97 Å². The number of benzene rings is 2. The van der Waals surface area contributed by atoms with Crippen molar-refractivity contribution >= 4 is 34.7 Å². The highest BCUT2D eigenvalue weighted by molar-refractivity contribution is 7.97. The van der Waals surface area contributed by atoms with Crippen LogP contribution in [0.15, 0.2) is 48.5 Å². The van der Waals surface area contributed by atoms with Gasteiger partial charge in [-0.05, 0) is 42.9 Å². The Bertz CT molecular complexity index is 1000. The lowest BCUT2D eigenvalue weighted by atomic mass is 10.1. The largest absolute Gasteiger partial charge is 0.454 e. The number of hydrogen-bond donors (Lipinski definition) is 1. The van der Waals surface area contributed by atoms with Crippen molar-refractivity contribution in [3.05, 3.63) is 65.5 Å². The zero-order chi connectivity index (χ0) is 20.6. The lowest BCUT2D eigenvalue weighted by molar-refractivity contribution is -0.149. The fourth-order valence-corrected chi connectivity index (χ4v) is 3.62. The number of carbonyl (C=O) groups excluding carboxylic acids is 2. The van der Waals surface area contributed by atoms with Gasteiger partial charge >= 0.3 is 5.97 Å². The number of amides is 1. The van der Waals surface area contributed by atoms with Gasteiger partial charge in [0.05, 0.1) is 16.8 Å². The first-order valence-corrected chi connectivity index (χ1v) is 10.9. The van der Waals surface area contributed by atoms with E-state index in [2.05, 4.69) is 10.3 Å². The molecule has 3 aromatic rings. The van der Waals surface area contributed by atoms with E-state index in [4.69, 9.17) is 4.74 Å². The van der Waals surface area contributed by atoms with E-state index in [0.717, 1.165) is 23.3 Å². The van der Waals surface area contributed by atoms with Crippen molar-refractivity contribution in [1.82, 2.24) is 14.9 Å². The summed E-state index contributed by atoms with van der Waals surface area (Å²) in [4.78, 5) is 28.9. The monoisotopic (exact) mass is 411 g/mol. The summed E-state index contributed by atoms with van der Waals surface area (Å²) < 4.78 is 7.03. The Morgan fingerprint density at radius 1 is 1.14 bits per heavy atom. The van der Waals surface area contributed by atoms with Crippen molar-refractivity contribution in [2.45, 2.75) is 25.6 Å². The van der Waals surface area contributed by atoms with Crippen LogP contribution in [0.3, 0.4) is 0 Å². The van der Waals surface area contributed by atoms with Gasteiger partial charge in [-0.15, -0.1) is 0 Å². The number of nitrogens with one attached hydrogen (secondary N) is 1. The molecule has 6 nitrogen and oxygen atoms in total. The van der Waals surface area contributed by atoms with Crippen LogP contribution in [0.1, 0.15) is 17.0 Å². The number of carbonyl (C=O) groups is 2. The smallest absolute Gasteiger partial charge is 0.326 e. The number of para-hydroxylation sites is 2. The molecule has 0 fully saturated rings. The predicted molar refractivity (Wildman–Crippen MR) is 116 cm³/mol. The normalized spacial score (nSPS) is 10.8. The minimum atomic E-state index is -0.454. The van der Waals surface area contributed by atoms with Crippen molar-refractivity contribution in [2.75, 3.05) is 19.4 Å². The second kappa shape index (κ2) is 10.1. The van der Waals surface area contributed by atoms with Gasteiger partial charge in [0.15, 0.2) is 6.61 Å². The Balaban J connectivity index is 1.50. The van der Waals surface area contributed by atoms with Crippen LogP contribution in [-0.2, 0) is 33.0 Å². The van der Waals surface area contributed by atoms with Crippen LogP contribution in [0, 0.1) is 6.92 Å². The highest BCUT2D eigenvalue weighted by atomic mass is 32.2. The maximum absolute atomic E-state index is 12.3. The van der Waals surface area contributed by atoms with Crippen LogP contribution < -0.4 is 5.32 Å². The van der Waals surface area contributed by atoms with E-state index in [1.807, 2.05) is 66.3 Å². The zero-order valence-corrected chi connectivity index (χ0v) is 17.5. The molecule has 1 aromatic heterocycles. The van der Waals surface area contributed by atoms with Gasteiger partial charge in [-0.25, -0.2) is 4.98 Å². The molecule has 2 aromatic carbocycles. The molecule has 0 saturated carbocycles. The van der Waals surface area contributed by atoms with E-state index >= 15 is 0 Å². The van der Waals surface area contributed by atoms with E-state index in [9.17, 15) is 9.59 Å². The number of fused-ring (bicyclic) bond motifs is 1. The first-order valence-electron chi connectivity index (χ1n) is 9.48. The van der Waals surface area contributed by atoms with Gasteiger partial charge in [-0.2, -0.15) is 11.8 Å². The molecule has 7 heteroatoms. The first-order chi connectivity index (χ1) is 14.1. The van der Waals surface area contributed by atoms with E-state index in [1.165, 1.54) is 11.1 Å². The number of thioether (sulfide) groups is 1. The molecule has 29 heavy (non-hydrogen) atoms. The number of aromatic nitrogens is 2. The van der Waals surface area contributed by atoms with Crippen molar-refractivity contribution < 1.29 is 14.3 Å². The second-order valence-corrected chi connectivity index (χ2v) is 7.59. The van der Waals surface area contributed by atoms with Gasteiger partial charge in [0, 0.05) is 6.54 Å². The molecule has 0 saturated heterocycles. The van der Waals surface area contributed by atoms with Gasteiger partial charge in [0.25, 0.3) is 5.91 Å². The third-order valence-electron chi connectivity index (χ3n) is 4.64. The number of ether oxygens (including phenoxy) is 1. The van der Waals surface area contributed by atoms with E-state index in [0.29, 0.717) is 12.3 Å². The Labute approximate surface area is 174 Å². The summed E-state index contributed by atoms with van der Waals surface area (Å²) in [5.41, 5.74) is 4.12. The Kier molecular flexibility index (Phi) is 7.30. The molecule has 0 aliphatic rings. The molecule has 0 radical (unpaired) electrons. The molecule has 152 valence electrons. The number of hydrogen-bond acceptors (Lipinski definition) is 5. The number of imidazole rings is 1. The maximum Gasteiger partial charge on any atom is 0.326 e. The fraction of sp³-hybridized carbons (Fsp3) is 0.318. The van der Waals surface area contributed by atoms with Crippen LogP contribution in [0.25, 0.3) is 11.0 Å². The minimum Gasteiger partial charge on any atom is -0.454 e. The van der Waals surface area contributed by atoms with Crippen LogP contribution in [0.2, 0.25) is 0 Å². The standard InChI is InChI=1S/C22H25N3O3S/c1-16-7-3-4-8-17(16)11-12-23-21(26)14-28-22(27)13-25-19-10-6-5-9-18(19)24-20(25)15-29-2/h3-10H,11-15H2,1-2H3,(H,23,26). The third kappa shape index (κ3) is 5.60. The summed E-state index contributed by atoms with van der Waals surface area (Å²) in [5.74, 6) is 0.760. The summed E-state index contributed by atoms with van der Waals surface area (Å²) >= 11 is 1.64. The molecule has 1 N–H and O–H groups in total. The summed E-state index contributed by atoms with van der Waals surface area (Å²) in [7, 11) is 0. The third-order valence-corrected chi connectivity index (χ3v) is 5.18. The molecule has 0 aliphatic heterocycles. The summed E-state index contributed by atoms with van der Waals surface area (Å²) in [6.07, 6.45) is 2.73. The number of aryl methyl sites for hydroxylation is 1. The van der Waals surface area contributed by atoms with Crippen LogP contribution in [-0.4, -0.2) is 40.8 Å². The number of nitrogens with zero attached hydrogens (tertiary/aromatic N) is 2. The van der Waals surface area contributed by atoms with Gasteiger partial charge in [-0.3, -0.25) is 9.59 Å². The minimum absolute atomic E-state index is 0.0346. The highest BCUT2D eigenvalue weighted by Crippen LogP contribution is 2.19. The average molecular weight is 412 g/mol. The Morgan fingerprint density at radius 2 is 1.90 bits per heavy atom. The van der Waals surface area contributed by atoms with Crippen LogP contribution in [0.4, 0.5) is 0 Å². The molecule has 0 aliphatic carbocycles. The average Bonchev–Trinajstić information content (AvgIpc) is 3.05. The van der Waals surface area contributed by atoms with Crippen molar-refractivity contribution in [3.63, 3.8) is 0 Å². The molecule has 1 amide bonds. The fourth-order valence-electron chi connectivity index (χ4n) is 3.14. The van der Waals surface area contributed by atoms with Gasteiger partial charge < -0.3 is 14.6 Å². The lowest BCUT2D eigenvalue weighted by Gasteiger charge is -2.10. The van der Waals surface area contributed by atoms with E-state index in [1.54, 1.807) is 11.8 Å². The van der Waals surface area contributed by atoms with Gasteiger partial charge in [-0.1, -0.05) is 36.4 Å². The molecule has 3 rings (SSSR count). The Hall–Kier alpha value is -2.80. The topological polar surface area (TPSA) is 73.2 Å². The lowest BCUT2D eigenvalue weighted by Crippen LogP contribution is -2.31. The zero-order valence-electron chi connectivity index (χ0n) is 16.7. The quantitative estimate of drug-likeness (QED) is 0.548. The van der Waals surface area contributed by atoms with Gasteiger partial charge in [0.1, 0.15) is 12.4 Å². The Morgan fingerprint density at radius 3 is 2.69 bits per heavy atom. The first kappa shape index (κ1) is 20.9. The summed E-state index contributed by atoms with van der Waals surface area (Å²) in [6, 6.07) is 15.7. The number of rotatable bonds is 9. The van der Waals surface area contributed by atoms with Crippen LogP contribution in [0.5, 0.6) is 0 Å². The second-order valence-electron chi connectivity index (χ2n) is 6.72. The molecular formula is C22H25N3O3S. The number of esters is 1.